The maximum atomic E-state index is 12.8. The molecule has 2 rings (SSSR count). The van der Waals surface area contributed by atoms with Crippen LogP contribution in [0.4, 0.5) is 5.69 Å². The second-order valence-electron chi connectivity index (χ2n) is 6.98. The summed E-state index contributed by atoms with van der Waals surface area (Å²) in [6.45, 7) is 6.29. The summed E-state index contributed by atoms with van der Waals surface area (Å²) in [7, 11) is 0. The number of phenolic OH excluding ortho intramolecular Hbond substituents is 1. The third-order valence-electron chi connectivity index (χ3n) is 4.73. The first-order chi connectivity index (χ1) is 12.5. The first kappa shape index (κ1) is 20.7. The highest BCUT2D eigenvalue weighted by molar-refractivity contribution is 7.99. The number of para-hydroxylation sites is 2. The van der Waals surface area contributed by atoms with Crippen LogP contribution >= 0.6 is 11.8 Å². The minimum absolute atomic E-state index is 0.0115. The Morgan fingerprint density at radius 1 is 1.23 bits per heavy atom. The predicted octanol–water partition coefficient (Wildman–Crippen LogP) is 4.96. The molecule has 0 amide bonds. The quantitative estimate of drug-likeness (QED) is 0.515. The number of nitrogens with zero attached hydrogens (tertiary/aromatic N) is 1. The van der Waals surface area contributed by atoms with Gasteiger partial charge in [0, 0.05) is 23.8 Å². The van der Waals surface area contributed by atoms with Gasteiger partial charge in [0.25, 0.3) is 0 Å². The smallest absolute Gasteiger partial charge is 0.149 e. The first-order valence-corrected chi connectivity index (χ1v) is 10.5. The molecule has 1 fully saturated rings. The molecule has 1 atom stereocenters. The summed E-state index contributed by atoms with van der Waals surface area (Å²) >= 11 is 1.87. The van der Waals surface area contributed by atoms with Crippen molar-refractivity contribution in [2.24, 2.45) is 16.8 Å². The average molecular weight is 376 g/mol. The Morgan fingerprint density at radius 3 is 2.46 bits per heavy atom. The second kappa shape index (κ2) is 9.91. The molecule has 0 aliphatic heterocycles. The van der Waals surface area contributed by atoms with Crippen LogP contribution in [0.3, 0.4) is 0 Å². The molecule has 0 aromatic heterocycles. The summed E-state index contributed by atoms with van der Waals surface area (Å²) in [5.74, 6) is 0.505. The highest BCUT2D eigenvalue weighted by Crippen LogP contribution is 2.33. The summed E-state index contributed by atoms with van der Waals surface area (Å²) in [6, 6.07) is 6.78. The zero-order valence-corrected chi connectivity index (χ0v) is 16.7. The van der Waals surface area contributed by atoms with Gasteiger partial charge >= 0.3 is 0 Å². The van der Waals surface area contributed by atoms with E-state index in [0.717, 1.165) is 18.6 Å². The number of aliphatic imine (C=N–C) groups is 1. The van der Waals surface area contributed by atoms with Crippen molar-refractivity contribution < 1.29 is 14.7 Å². The van der Waals surface area contributed by atoms with Crippen molar-refractivity contribution in [2.45, 2.75) is 58.1 Å². The molecular weight excluding hydrogens is 346 g/mol. The number of ketones is 2. The van der Waals surface area contributed by atoms with Gasteiger partial charge in [0.2, 0.25) is 0 Å². The normalized spacial score (nSPS) is 22.5. The molecule has 0 bridgehead atoms. The molecule has 142 valence electrons. The number of thioether (sulfide) groups is 1. The summed E-state index contributed by atoms with van der Waals surface area (Å²) < 4.78 is 0. The largest absolute Gasteiger partial charge is 0.506 e. The molecule has 4 nitrogen and oxygen atoms in total. The standard InChI is InChI=1S/C21H29NO3S/c1-4-8-17(22-16-9-6-7-10-18(16)23)21-19(24)12-15(13-20(21)25)11-14(3)26-5-2/h6-7,9-10,14-15,21,23H,4-5,8,11-13H2,1-3H3. The lowest BCUT2D eigenvalue weighted by Crippen LogP contribution is -2.39. The molecule has 1 aliphatic carbocycles. The molecule has 1 saturated carbocycles. The van der Waals surface area contributed by atoms with Gasteiger partial charge in [-0.1, -0.05) is 39.3 Å². The maximum absolute atomic E-state index is 12.8. The molecule has 0 heterocycles. The Bertz CT molecular complexity index is 653. The van der Waals surface area contributed by atoms with Gasteiger partial charge in [0.15, 0.2) is 0 Å². The highest BCUT2D eigenvalue weighted by atomic mass is 32.2. The Kier molecular flexibility index (Phi) is 7.88. The Morgan fingerprint density at radius 2 is 1.88 bits per heavy atom. The van der Waals surface area contributed by atoms with Crippen LogP contribution in [0, 0.1) is 11.8 Å². The van der Waals surface area contributed by atoms with Crippen LogP contribution in [-0.2, 0) is 9.59 Å². The number of aromatic hydroxyl groups is 1. The summed E-state index contributed by atoms with van der Waals surface area (Å²) in [6.07, 6.45) is 3.20. The molecule has 26 heavy (non-hydrogen) atoms. The van der Waals surface area contributed by atoms with Crippen LogP contribution < -0.4 is 0 Å². The molecular formula is C21H29NO3S. The van der Waals surface area contributed by atoms with Gasteiger partial charge in [0.05, 0.1) is 0 Å². The number of hydrogen-bond acceptors (Lipinski definition) is 5. The van der Waals surface area contributed by atoms with E-state index in [0.29, 0.717) is 35.9 Å². The molecule has 1 aromatic carbocycles. The Labute approximate surface area is 160 Å². The van der Waals surface area contributed by atoms with Crippen molar-refractivity contribution in [3.63, 3.8) is 0 Å². The fourth-order valence-corrected chi connectivity index (χ4v) is 4.63. The molecule has 0 saturated heterocycles. The van der Waals surface area contributed by atoms with Gasteiger partial charge in [0.1, 0.15) is 28.9 Å². The predicted molar refractivity (Wildman–Crippen MR) is 109 cm³/mol. The van der Waals surface area contributed by atoms with Crippen molar-refractivity contribution >= 4 is 34.7 Å². The van der Waals surface area contributed by atoms with Crippen molar-refractivity contribution in [1.29, 1.82) is 0 Å². The van der Waals surface area contributed by atoms with E-state index >= 15 is 0 Å². The topological polar surface area (TPSA) is 66.7 Å². The van der Waals surface area contributed by atoms with Gasteiger partial charge in [-0.2, -0.15) is 11.8 Å². The molecule has 1 unspecified atom stereocenters. The van der Waals surface area contributed by atoms with Gasteiger partial charge in [-0.25, -0.2) is 0 Å². The molecule has 5 heteroatoms. The molecule has 1 N–H and O–H groups in total. The minimum atomic E-state index is -0.736. The average Bonchev–Trinajstić information content (AvgIpc) is 2.56. The Hall–Kier alpha value is -1.62. The minimum Gasteiger partial charge on any atom is -0.506 e. The third-order valence-corrected chi connectivity index (χ3v) is 5.82. The van der Waals surface area contributed by atoms with E-state index < -0.39 is 5.92 Å². The number of carbonyl (C=O) groups is 2. The molecule has 1 aliphatic rings. The lowest BCUT2D eigenvalue weighted by Gasteiger charge is -2.28. The number of hydrogen-bond donors (Lipinski definition) is 1. The lowest BCUT2D eigenvalue weighted by molar-refractivity contribution is -0.134. The first-order valence-electron chi connectivity index (χ1n) is 9.48. The SMILES string of the molecule is CCCC(=Nc1ccccc1O)C1C(=O)CC(CC(C)SCC)CC1=O. The zero-order valence-electron chi connectivity index (χ0n) is 15.9. The number of benzene rings is 1. The van der Waals surface area contributed by atoms with E-state index in [4.69, 9.17) is 0 Å². The van der Waals surface area contributed by atoms with Gasteiger partial charge in [-0.05, 0) is 36.6 Å². The number of carbonyl (C=O) groups excluding carboxylic acids is 2. The van der Waals surface area contributed by atoms with Crippen LogP contribution in [0.5, 0.6) is 5.75 Å². The van der Waals surface area contributed by atoms with Crippen LogP contribution in [0.1, 0.15) is 52.9 Å². The Balaban J connectivity index is 2.18. The van der Waals surface area contributed by atoms with Crippen molar-refractivity contribution in [2.75, 3.05) is 5.75 Å². The number of Topliss-reactive ketones (excluding diaryl/α,β-unsaturated/α-hetero) is 2. The van der Waals surface area contributed by atoms with E-state index in [1.165, 1.54) is 0 Å². The lowest BCUT2D eigenvalue weighted by atomic mass is 9.75. The van der Waals surface area contributed by atoms with E-state index in [1.807, 2.05) is 18.7 Å². The van der Waals surface area contributed by atoms with Crippen molar-refractivity contribution in [1.82, 2.24) is 0 Å². The fraction of sp³-hybridized carbons (Fsp3) is 0.571. The van der Waals surface area contributed by atoms with E-state index in [-0.39, 0.29) is 23.2 Å². The molecule has 1 aromatic rings. The zero-order chi connectivity index (χ0) is 19.1. The van der Waals surface area contributed by atoms with Crippen molar-refractivity contribution in [3.05, 3.63) is 24.3 Å². The second-order valence-corrected chi connectivity index (χ2v) is 8.70. The highest BCUT2D eigenvalue weighted by Gasteiger charge is 2.38. The molecule has 0 radical (unpaired) electrons. The van der Waals surface area contributed by atoms with E-state index in [2.05, 4.69) is 18.8 Å². The molecule has 0 spiro atoms. The van der Waals surface area contributed by atoms with Crippen molar-refractivity contribution in [3.8, 4) is 5.75 Å². The monoisotopic (exact) mass is 375 g/mol. The van der Waals surface area contributed by atoms with Gasteiger partial charge < -0.3 is 5.11 Å². The van der Waals surface area contributed by atoms with Crippen LogP contribution in [0.25, 0.3) is 0 Å². The van der Waals surface area contributed by atoms with Crippen LogP contribution in [-0.4, -0.2) is 33.4 Å². The fourth-order valence-electron chi connectivity index (χ4n) is 3.65. The van der Waals surface area contributed by atoms with Crippen LogP contribution in [0.2, 0.25) is 0 Å². The summed E-state index contributed by atoms with van der Waals surface area (Å²) in [5.41, 5.74) is 1.02. The van der Waals surface area contributed by atoms with Crippen LogP contribution in [0.15, 0.2) is 29.3 Å². The summed E-state index contributed by atoms with van der Waals surface area (Å²) in [4.78, 5) is 30.1. The number of phenols is 1. The van der Waals surface area contributed by atoms with Gasteiger partial charge in [-0.15, -0.1) is 0 Å². The maximum Gasteiger partial charge on any atom is 0.149 e. The van der Waals surface area contributed by atoms with E-state index in [1.54, 1.807) is 24.3 Å². The summed E-state index contributed by atoms with van der Waals surface area (Å²) in [5, 5.41) is 10.4. The number of rotatable bonds is 8. The van der Waals surface area contributed by atoms with Gasteiger partial charge in [-0.3, -0.25) is 14.6 Å². The third kappa shape index (κ3) is 5.44. The van der Waals surface area contributed by atoms with E-state index in [9.17, 15) is 14.7 Å².